The fraction of sp³-hybridized carbons (Fsp3) is 0.800. The number of hydrogen-bond acceptors (Lipinski definition) is 3. The molecule has 1 heterocycles. The Balaban J connectivity index is 1.75. The summed E-state index contributed by atoms with van der Waals surface area (Å²) in [5.74, 6) is 1.06. The third kappa shape index (κ3) is 3.96. The van der Waals surface area contributed by atoms with Gasteiger partial charge in [0.25, 0.3) is 0 Å². The predicted molar refractivity (Wildman–Crippen MR) is 80.6 cm³/mol. The Hall–Kier alpha value is -1.03. The molecule has 1 aliphatic rings. The first-order valence-electron chi connectivity index (χ1n) is 7.84. The van der Waals surface area contributed by atoms with Crippen LogP contribution in [-0.2, 0) is 0 Å². The Kier molecular flexibility index (Phi) is 5.70. The summed E-state index contributed by atoms with van der Waals surface area (Å²) in [4.78, 5) is 6.92. The Morgan fingerprint density at radius 2 is 2.05 bits per heavy atom. The Morgan fingerprint density at radius 1 is 1.32 bits per heavy atom. The van der Waals surface area contributed by atoms with Crippen LogP contribution >= 0.6 is 0 Å². The molecule has 0 atom stereocenters. The molecule has 1 aliphatic carbocycles. The minimum absolute atomic E-state index is 0.674. The standard InChI is InChI=1S/C15H28N4/c1-3-18(4-2)12-7-10-16-15-17-11-13-19(15)14-8-5-6-9-14/h11,13-14H,3-10,12H2,1-2H3,(H,16,17). The van der Waals surface area contributed by atoms with Crippen LogP contribution in [0.4, 0.5) is 5.95 Å². The van der Waals surface area contributed by atoms with Crippen molar-refractivity contribution in [3.8, 4) is 0 Å². The van der Waals surface area contributed by atoms with E-state index >= 15 is 0 Å². The first-order valence-corrected chi connectivity index (χ1v) is 7.84. The molecule has 0 unspecified atom stereocenters. The average molecular weight is 264 g/mol. The summed E-state index contributed by atoms with van der Waals surface area (Å²) in [6, 6.07) is 0.674. The van der Waals surface area contributed by atoms with Crippen molar-refractivity contribution < 1.29 is 0 Å². The molecule has 0 aromatic carbocycles. The highest BCUT2D eigenvalue weighted by atomic mass is 15.2. The third-order valence-electron chi connectivity index (χ3n) is 4.22. The van der Waals surface area contributed by atoms with Gasteiger partial charge < -0.3 is 14.8 Å². The molecule has 19 heavy (non-hydrogen) atoms. The van der Waals surface area contributed by atoms with Gasteiger partial charge in [0.15, 0.2) is 0 Å². The summed E-state index contributed by atoms with van der Waals surface area (Å²) in [5.41, 5.74) is 0. The molecule has 0 bridgehead atoms. The van der Waals surface area contributed by atoms with Gasteiger partial charge in [-0.15, -0.1) is 0 Å². The van der Waals surface area contributed by atoms with Crippen LogP contribution in [0.5, 0.6) is 0 Å². The second kappa shape index (κ2) is 7.53. The molecule has 4 nitrogen and oxygen atoms in total. The van der Waals surface area contributed by atoms with Crippen molar-refractivity contribution in [2.75, 3.05) is 31.5 Å². The highest BCUT2D eigenvalue weighted by molar-refractivity contribution is 5.26. The zero-order valence-corrected chi connectivity index (χ0v) is 12.4. The van der Waals surface area contributed by atoms with Crippen LogP contribution in [0.2, 0.25) is 0 Å². The zero-order valence-electron chi connectivity index (χ0n) is 12.4. The van der Waals surface area contributed by atoms with Crippen molar-refractivity contribution in [2.24, 2.45) is 0 Å². The van der Waals surface area contributed by atoms with E-state index in [-0.39, 0.29) is 0 Å². The van der Waals surface area contributed by atoms with Gasteiger partial charge in [0.1, 0.15) is 0 Å². The minimum Gasteiger partial charge on any atom is -0.356 e. The molecule has 1 saturated carbocycles. The lowest BCUT2D eigenvalue weighted by Gasteiger charge is -2.19. The molecule has 2 rings (SSSR count). The van der Waals surface area contributed by atoms with E-state index in [1.807, 2.05) is 6.20 Å². The van der Waals surface area contributed by atoms with Crippen LogP contribution in [0.25, 0.3) is 0 Å². The molecule has 0 radical (unpaired) electrons. The van der Waals surface area contributed by atoms with Crippen molar-refractivity contribution in [2.45, 2.75) is 52.0 Å². The summed E-state index contributed by atoms with van der Waals surface area (Å²) < 4.78 is 2.34. The zero-order chi connectivity index (χ0) is 13.5. The maximum atomic E-state index is 4.46. The third-order valence-corrected chi connectivity index (χ3v) is 4.22. The highest BCUT2D eigenvalue weighted by Gasteiger charge is 2.18. The van der Waals surface area contributed by atoms with Gasteiger partial charge in [0.05, 0.1) is 0 Å². The molecule has 0 spiro atoms. The summed E-state index contributed by atoms with van der Waals surface area (Å²) in [5, 5.41) is 3.50. The van der Waals surface area contributed by atoms with Crippen molar-refractivity contribution in [3.05, 3.63) is 12.4 Å². The molecule has 1 fully saturated rings. The fourth-order valence-corrected chi connectivity index (χ4v) is 2.97. The number of rotatable bonds is 8. The van der Waals surface area contributed by atoms with Crippen LogP contribution < -0.4 is 5.32 Å². The number of aromatic nitrogens is 2. The predicted octanol–water partition coefficient (Wildman–Crippen LogP) is 3.14. The van der Waals surface area contributed by atoms with E-state index < -0.39 is 0 Å². The van der Waals surface area contributed by atoms with Gasteiger partial charge in [0, 0.05) is 25.0 Å². The van der Waals surface area contributed by atoms with Gasteiger partial charge in [-0.2, -0.15) is 0 Å². The van der Waals surface area contributed by atoms with Gasteiger partial charge in [-0.1, -0.05) is 26.7 Å². The first-order chi connectivity index (χ1) is 9.35. The minimum atomic E-state index is 0.674. The van der Waals surface area contributed by atoms with Gasteiger partial charge in [-0.3, -0.25) is 0 Å². The Morgan fingerprint density at radius 3 is 2.74 bits per heavy atom. The maximum Gasteiger partial charge on any atom is 0.203 e. The van der Waals surface area contributed by atoms with E-state index in [4.69, 9.17) is 0 Å². The van der Waals surface area contributed by atoms with Gasteiger partial charge in [-0.25, -0.2) is 4.98 Å². The van der Waals surface area contributed by atoms with E-state index in [1.165, 1.54) is 38.6 Å². The van der Waals surface area contributed by atoms with E-state index in [1.54, 1.807) is 0 Å². The second-order valence-electron chi connectivity index (χ2n) is 5.40. The van der Waals surface area contributed by atoms with Crippen molar-refractivity contribution in [1.29, 1.82) is 0 Å². The van der Waals surface area contributed by atoms with Crippen LogP contribution in [0, 0.1) is 0 Å². The monoisotopic (exact) mass is 264 g/mol. The van der Waals surface area contributed by atoms with Crippen LogP contribution in [0.3, 0.4) is 0 Å². The van der Waals surface area contributed by atoms with Crippen molar-refractivity contribution in [3.63, 3.8) is 0 Å². The Bertz CT molecular complexity index is 351. The van der Waals surface area contributed by atoms with Crippen LogP contribution in [0.1, 0.15) is 52.0 Å². The fourth-order valence-electron chi connectivity index (χ4n) is 2.97. The Labute approximate surface area is 117 Å². The largest absolute Gasteiger partial charge is 0.356 e. The van der Waals surface area contributed by atoms with Gasteiger partial charge in [0.2, 0.25) is 5.95 Å². The van der Waals surface area contributed by atoms with E-state index in [2.05, 4.69) is 39.8 Å². The summed E-state index contributed by atoms with van der Waals surface area (Å²) in [7, 11) is 0. The highest BCUT2D eigenvalue weighted by Crippen LogP contribution is 2.31. The molecule has 1 N–H and O–H groups in total. The maximum absolute atomic E-state index is 4.46. The molecule has 0 saturated heterocycles. The molecular formula is C15H28N4. The summed E-state index contributed by atoms with van der Waals surface area (Å²) >= 11 is 0. The smallest absolute Gasteiger partial charge is 0.203 e. The van der Waals surface area contributed by atoms with Crippen LogP contribution in [0.15, 0.2) is 12.4 Å². The first kappa shape index (κ1) is 14.4. The normalized spacial score (nSPS) is 16.4. The number of hydrogen-bond donors (Lipinski definition) is 1. The lowest BCUT2D eigenvalue weighted by molar-refractivity contribution is 0.303. The number of nitrogens with one attached hydrogen (secondary N) is 1. The molecular weight excluding hydrogens is 236 g/mol. The van der Waals surface area contributed by atoms with E-state index in [0.717, 1.165) is 25.6 Å². The number of imidazole rings is 1. The van der Waals surface area contributed by atoms with Crippen LogP contribution in [-0.4, -0.2) is 40.6 Å². The quantitative estimate of drug-likeness (QED) is 0.732. The number of nitrogens with zero attached hydrogens (tertiary/aromatic N) is 3. The van der Waals surface area contributed by atoms with Crippen molar-refractivity contribution in [1.82, 2.24) is 14.5 Å². The average Bonchev–Trinajstić information content (AvgIpc) is 3.09. The number of anilines is 1. The molecule has 1 aromatic heterocycles. The van der Waals surface area contributed by atoms with E-state index in [9.17, 15) is 0 Å². The molecule has 4 heteroatoms. The molecule has 0 amide bonds. The van der Waals surface area contributed by atoms with Crippen molar-refractivity contribution >= 4 is 5.95 Å². The molecule has 108 valence electrons. The molecule has 1 aromatic rings. The van der Waals surface area contributed by atoms with Gasteiger partial charge >= 0.3 is 0 Å². The summed E-state index contributed by atoms with van der Waals surface area (Å²) in [6.07, 6.45) is 10.6. The van der Waals surface area contributed by atoms with E-state index in [0.29, 0.717) is 6.04 Å². The lowest BCUT2D eigenvalue weighted by Crippen LogP contribution is -2.25. The topological polar surface area (TPSA) is 33.1 Å². The molecule has 0 aliphatic heterocycles. The van der Waals surface area contributed by atoms with Gasteiger partial charge in [-0.05, 0) is 38.9 Å². The second-order valence-corrected chi connectivity index (χ2v) is 5.40. The lowest BCUT2D eigenvalue weighted by atomic mass is 10.2. The summed E-state index contributed by atoms with van der Waals surface area (Å²) in [6.45, 7) is 8.93. The SMILES string of the molecule is CCN(CC)CCCNc1nccn1C1CCCC1.